The molecule has 2 rings (SSSR count). The lowest BCUT2D eigenvalue weighted by Crippen LogP contribution is -2.13. The minimum absolute atomic E-state index is 0.0836. The molecule has 0 aliphatic carbocycles. The quantitative estimate of drug-likeness (QED) is 0.822. The van der Waals surface area contributed by atoms with Crippen LogP contribution in [0.15, 0.2) is 35.6 Å². The zero-order valence-electron chi connectivity index (χ0n) is 10.6. The number of sulfonamides is 1. The monoisotopic (exact) mass is 330 g/mol. The van der Waals surface area contributed by atoms with Crippen molar-refractivity contribution in [2.24, 2.45) is 0 Å². The molecular weight excluding hydrogens is 320 g/mol. The molecule has 0 atom stereocenters. The molecule has 0 amide bonds. The van der Waals surface area contributed by atoms with Crippen molar-refractivity contribution in [3.63, 3.8) is 0 Å². The first-order chi connectivity index (χ1) is 9.87. The molecule has 0 spiro atoms. The Balaban J connectivity index is 2.14. The second-order valence-corrected chi connectivity index (χ2v) is 6.17. The molecule has 0 aliphatic heterocycles. The Morgan fingerprint density at radius 2 is 2.24 bits per heavy atom. The van der Waals surface area contributed by atoms with E-state index in [1.165, 1.54) is 29.2 Å². The Morgan fingerprint density at radius 3 is 2.90 bits per heavy atom. The van der Waals surface area contributed by atoms with Crippen LogP contribution in [0.3, 0.4) is 0 Å². The molecule has 2 aromatic heterocycles. The van der Waals surface area contributed by atoms with Crippen molar-refractivity contribution in [2.75, 3.05) is 4.72 Å². The van der Waals surface area contributed by atoms with E-state index in [0.29, 0.717) is 5.02 Å². The van der Waals surface area contributed by atoms with Crippen molar-refractivity contribution in [1.29, 1.82) is 0 Å². The topological polar surface area (TPSA) is 114 Å². The lowest BCUT2D eigenvalue weighted by atomic mass is 10.4. The average Bonchev–Trinajstić information content (AvgIpc) is 2.85. The van der Waals surface area contributed by atoms with Gasteiger partial charge >= 0.3 is 5.97 Å². The fourth-order valence-electron chi connectivity index (χ4n) is 1.47. The number of hydrogen-bond acceptors (Lipinski definition) is 5. The van der Waals surface area contributed by atoms with Crippen LogP contribution >= 0.6 is 11.6 Å². The van der Waals surface area contributed by atoms with Crippen LogP contribution in [0, 0.1) is 0 Å². The highest BCUT2D eigenvalue weighted by atomic mass is 35.5. The van der Waals surface area contributed by atoms with Crippen LogP contribution in [-0.4, -0.2) is 34.3 Å². The fraction of sp³-hybridized carbons (Fsp3) is 0.182. The summed E-state index contributed by atoms with van der Waals surface area (Å²) in [5.41, 5.74) is 0. The van der Waals surface area contributed by atoms with Gasteiger partial charge in [0, 0.05) is 23.5 Å². The van der Waals surface area contributed by atoms with Gasteiger partial charge in [-0.3, -0.25) is 14.2 Å². The van der Waals surface area contributed by atoms with E-state index >= 15 is 0 Å². The van der Waals surface area contributed by atoms with Gasteiger partial charge in [-0.05, 0) is 6.07 Å². The maximum Gasteiger partial charge on any atom is 0.305 e. The Labute approximate surface area is 125 Å². The van der Waals surface area contributed by atoms with E-state index in [2.05, 4.69) is 14.8 Å². The molecule has 2 N–H and O–H groups in total. The maximum absolute atomic E-state index is 12.1. The van der Waals surface area contributed by atoms with Crippen molar-refractivity contribution in [3.8, 4) is 0 Å². The van der Waals surface area contributed by atoms with Crippen molar-refractivity contribution in [1.82, 2.24) is 14.8 Å². The molecule has 10 heteroatoms. The van der Waals surface area contributed by atoms with Gasteiger partial charge in [0.2, 0.25) is 0 Å². The molecule has 0 fully saturated rings. The van der Waals surface area contributed by atoms with Gasteiger partial charge in [0.1, 0.15) is 10.7 Å². The van der Waals surface area contributed by atoms with E-state index < -0.39 is 16.0 Å². The third-order valence-corrected chi connectivity index (χ3v) is 3.98. The van der Waals surface area contributed by atoms with Crippen LogP contribution in [-0.2, 0) is 21.4 Å². The lowest BCUT2D eigenvalue weighted by Gasteiger charge is -2.05. The largest absolute Gasteiger partial charge is 0.481 e. The fourth-order valence-corrected chi connectivity index (χ4v) is 2.58. The molecule has 2 aromatic rings. The van der Waals surface area contributed by atoms with Gasteiger partial charge in [-0.2, -0.15) is 5.10 Å². The summed E-state index contributed by atoms with van der Waals surface area (Å²) in [6.45, 7) is 0.0836. The normalized spacial score (nSPS) is 11.3. The van der Waals surface area contributed by atoms with E-state index in [0.717, 1.165) is 6.20 Å². The number of hydrogen-bond donors (Lipinski definition) is 2. The molecule has 8 nitrogen and oxygen atoms in total. The molecule has 0 saturated heterocycles. The number of carboxylic acid groups (broad SMARTS) is 1. The molecule has 2 heterocycles. The van der Waals surface area contributed by atoms with Crippen LogP contribution in [0.25, 0.3) is 0 Å². The molecule has 112 valence electrons. The highest BCUT2D eigenvalue weighted by Gasteiger charge is 2.17. The zero-order chi connectivity index (χ0) is 15.5. The smallest absolute Gasteiger partial charge is 0.305 e. The standard InChI is InChI=1S/C11H11ClN4O4S/c12-8-1-3-13-10(5-8)15-21(19,20)9-6-14-16(7-9)4-2-11(17)18/h1,3,5-7H,2,4H2,(H,13,15)(H,17,18). The molecule has 0 bridgehead atoms. The highest BCUT2D eigenvalue weighted by Crippen LogP contribution is 2.16. The molecule has 0 radical (unpaired) electrons. The van der Waals surface area contributed by atoms with Gasteiger partial charge in [0.15, 0.2) is 0 Å². The summed E-state index contributed by atoms with van der Waals surface area (Å²) in [5.74, 6) is -0.906. The van der Waals surface area contributed by atoms with Gasteiger partial charge in [-0.25, -0.2) is 13.4 Å². The van der Waals surface area contributed by atoms with Gasteiger partial charge in [0.05, 0.1) is 19.2 Å². The molecular formula is C11H11ClN4O4S. The molecule has 0 unspecified atom stereocenters. The minimum Gasteiger partial charge on any atom is -0.481 e. The van der Waals surface area contributed by atoms with Crippen LogP contribution in [0.5, 0.6) is 0 Å². The van der Waals surface area contributed by atoms with Crippen molar-refractivity contribution in [2.45, 2.75) is 17.9 Å². The number of pyridine rings is 1. The van der Waals surface area contributed by atoms with Gasteiger partial charge in [-0.15, -0.1) is 0 Å². The van der Waals surface area contributed by atoms with Gasteiger partial charge < -0.3 is 5.11 Å². The summed E-state index contributed by atoms with van der Waals surface area (Å²) in [7, 11) is -3.85. The summed E-state index contributed by atoms with van der Waals surface area (Å²) in [6.07, 6.45) is 3.60. The van der Waals surface area contributed by atoms with E-state index in [1.807, 2.05) is 0 Å². The Bertz CT molecular complexity index is 759. The zero-order valence-corrected chi connectivity index (χ0v) is 12.2. The van der Waals surface area contributed by atoms with Crippen LogP contribution in [0.1, 0.15) is 6.42 Å². The van der Waals surface area contributed by atoms with Crippen molar-refractivity contribution < 1.29 is 18.3 Å². The predicted molar refractivity (Wildman–Crippen MR) is 74.5 cm³/mol. The van der Waals surface area contributed by atoms with E-state index in [-0.39, 0.29) is 23.7 Å². The number of aromatic nitrogens is 3. The summed E-state index contributed by atoms with van der Waals surface area (Å²) < 4.78 is 27.7. The number of nitrogens with one attached hydrogen (secondary N) is 1. The molecule has 0 saturated carbocycles. The number of aryl methyl sites for hydroxylation is 1. The van der Waals surface area contributed by atoms with Gasteiger partial charge in [-0.1, -0.05) is 11.6 Å². The average molecular weight is 331 g/mol. The first-order valence-electron chi connectivity index (χ1n) is 5.75. The van der Waals surface area contributed by atoms with E-state index in [1.54, 1.807) is 0 Å². The minimum atomic E-state index is -3.85. The Hall–Kier alpha value is -2.13. The van der Waals surface area contributed by atoms with Crippen LogP contribution < -0.4 is 4.72 Å². The van der Waals surface area contributed by atoms with Crippen LogP contribution in [0.2, 0.25) is 5.02 Å². The second kappa shape index (κ2) is 6.10. The summed E-state index contributed by atoms with van der Waals surface area (Å²) in [4.78, 5) is 14.2. The maximum atomic E-state index is 12.1. The van der Waals surface area contributed by atoms with Gasteiger partial charge in [0.25, 0.3) is 10.0 Å². The number of anilines is 1. The highest BCUT2D eigenvalue weighted by molar-refractivity contribution is 7.92. The Kier molecular flexibility index (Phi) is 4.43. The number of halogens is 1. The van der Waals surface area contributed by atoms with Crippen LogP contribution in [0.4, 0.5) is 5.82 Å². The third kappa shape index (κ3) is 4.17. The molecule has 21 heavy (non-hydrogen) atoms. The number of aliphatic carboxylic acids is 1. The second-order valence-electron chi connectivity index (χ2n) is 4.05. The summed E-state index contributed by atoms with van der Waals surface area (Å²) in [6, 6.07) is 2.89. The first-order valence-corrected chi connectivity index (χ1v) is 7.61. The first kappa shape index (κ1) is 15.3. The summed E-state index contributed by atoms with van der Waals surface area (Å²) in [5, 5.41) is 12.7. The Morgan fingerprint density at radius 1 is 1.48 bits per heavy atom. The molecule has 0 aliphatic rings. The molecule has 0 aromatic carbocycles. The number of carboxylic acids is 1. The number of nitrogens with zero attached hydrogens (tertiary/aromatic N) is 3. The SMILES string of the molecule is O=C(O)CCn1cc(S(=O)(=O)Nc2cc(Cl)ccn2)cn1. The lowest BCUT2D eigenvalue weighted by molar-refractivity contribution is -0.137. The van der Waals surface area contributed by atoms with E-state index in [4.69, 9.17) is 16.7 Å². The number of carbonyl (C=O) groups is 1. The van der Waals surface area contributed by atoms with E-state index in [9.17, 15) is 13.2 Å². The predicted octanol–water partition coefficient (Wildman–Crippen LogP) is 1.21. The third-order valence-electron chi connectivity index (χ3n) is 2.44. The van der Waals surface area contributed by atoms with Crippen molar-refractivity contribution in [3.05, 3.63) is 35.7 Å². The summed E-state index contributed by atoms with van der Waals surface area (Å²) >= 11 is 5.75. The van der Waals surface area contributed by atoms with Crippen molar-refractivity contribution >= 4 is 33.4 Å². The number of rotatable bonds is 6.